The number of piperidine rings is 1. The number of pyridine rings is 1. The Kier molecular flexibility index (Phi) is 6.27. The Bertz CT molecular complexity index is 946. The van der Waals surface area contributed by atoms with E-state index in [0.717, 1.165) is 25.0 Å². The van der Waals surface area contributed by atoms with E-state index in [4.69, 9.17) is 4.74 Å². The summed E-state index contributed by atoms with van der Waals surface area (Å²) in [5.74, 6) is -1.81. The van der Waals surface area contributed by atoms with Crippen LogP contribution in [0, 0.1) is 17.6 Å². The van der Waals surface area contributed by atoms with Crippen molar-refractivity contribution >= 4 is 11.8 Å². The number of halogens is 2. The largest absolute Gasteiger partial charge is 0.375 e. The first-order chi connectivity index (χ1) is 15.0. The van der Waals surface area contributed by atoms with Crippen LogP contribution in [0.3, 0.4) is 0 Å². The molecule has 164 valence electrons. The maximum absolute atomic E-state index is 14.0. The number of benzene rings is 1. The molecule has 0 bridgehead atoms. The van der Waals surface area contributed by atoms with Gasteiger partial charge in [0.25, 0.3) is 11.8 Å². The molecule has 4 rings (SSSR count). The summed E-state index contributed by atoms with van der Waals surface area (Å²) in [6, 6.07) is 6.37. The molecule has 1 atom stereocenters. The van der Waals surface area contributed by atoms with E-state index in [2.05, 4.69) is 10.3 Å². The van der Waals surface area contributed by atoms with E-state index in [1.807, 2.05) is 0 Å². The van der Waals surface area contributed by atoms with Gasteiger partial charge in [-0.05, 0) is 55.9 Å². The second-order valence-corrected chi connectivity index (χ2v) is 8.25. The standard InChI is InChI=1S/C23H25F2N3O3/c24-18-1-2-19(20(25)13-18)22(30)28-10-6-23(7-11-28)14-16(5-12-31-23)15-27-21(29)17-3-8-26-9-4-17/h1-4,8-9,13,16H,5-7,10-12,14-15H2,(H,27,29). The highest BCUT2D eigenvalue weighted by Gasteiger charge is 2.41. The fraction of sp³-hybridized carbons (Fsp3) is 0.435. The molecule has 2 aliphatic rings. The zero-order valence-corrected chi connectivity index (χ0v) is 17.2. The zero-order chi connectivity index (χ0) is 21.8. The molecule has 2 aliphatic heterocycles. The molecule has 1 unspecified atom stereocenters. The first-order valence-electron chi connectivity index (χ1n) is 10.5. The van der Waals surface area contributed by atoms with Gasteiger partial charge in [0.15, 0.2) is 0 Å². The predicted octanol–water partition coefficient (Wildman–Crippen LogP) is 3.19. The highest BCUT2D eigenvalue weighted by atomic mass is 19.1. The van der Waals surface area contributed by atoms with Gasteiger partial charge in [0.2, 0.25) is 0 Å². The van der Waals surface area contributed by atoms with Crippen molar-refractivity contribution in [3.05, 3.63) is 65.5 Å². The third-order valence-corrected chi connectivity index (χ3v) is 6.21. The van der Waals surface area contributed by atoms with Crippen LogP contribution in [-0.2, 0) is 4.74 Å². The summed E-state index contributed by atoms with van der Waals surface area (Å²) in [6.45, 7) is 2.07. The number of hydrogen-bond donors (Lipinski definition) is 1. The quantitative estimate of drug-likeness (QED) is 0.810. The molecule has 2 saturated heterocycles. The molecule has 1 spiro atoms. The molecule has 1 aromatic carbocycles. The maximum Gasteiger partial charge on any atom is 0.256 e. The van der Waals surface area contributed by atoms with Gasteiger partial charge in [0, 0.05) is 50.3 Å². The second kappa shape index (κ2) is 9.09. The van der Waals surface area contributed by atoms with Crippen molar-refractivity contribution in [1.29, 1.82) is 0 Å². The van der Waals surface area contributed by atoms with Crippen LogP contribution in [0.15, 0.2) is 42.7 Å². The van der Waals surface area contributed by atoms with Crippen molar-refractivity contribution in [2.45, 2.75) is 31.3 Å². The highest BCUT2D eigenvalue weighted by Crippen LogP contribution is 2.37. The molecule has 0 radical (unpaired) electrons. The Balaban J connectivity index is 1.31. The number of carbonyl (C=O) groups excluding carboxylic acids is 2. The van der Waals surface area contributed by atoms with E-state index in [-0.39, 0.29) is 23.0 Å². The molecule has 1 aromatic heterocycles. The third-order valence-electron chi connectivity index (χ3n) is 6.21. The van der Waals surface area contributed by atoms with E-state index < -0.39 is 17.5 Å². The lowest BCUT2D eigenvalue weighted by Gasteiger charge is -2.46. The number of likely N-dealkylation sites (tertiary alicyclic amines) is 1. The number of rotatable bonds is 4. The van der Waals surface area contributed by atoms with Crippen LogP contribution in [0.1, 0.15) is 46.4 Å². The van der Waals surface area contributed by atoms with Gasteiger partial charge in [-0.25, -0.2) is 8.78 Å². The van der Waals surface area contributed by atoms with Gasteiger partial charge in [-0.3, -0.25) is 14.6 Å². The zero-order valence-electron chi connectivity index (χ0n) is 17.2. The molecular formula is C23H25F2N3O3. The van der Waals surface area contributed by atoms with Crippen LogP contribution in [-0.4, -0.2) is 53.5 Å². The summed E-state index contributed by atoms with van der Waals surface area (Å²) in [6.07, 6.45) is 6.14. The van der Waals surface area contributed by atoms with E-state index in [1.54, 1.807) is 29.4 Å². The molecule has 0 saturated carbocycles. The average Bonchev–Trinajstić information content (AvgIpc) is 2.78. The number of ether oxygens (including phenoxy) is 1. The number of nitrogens with zero attached hydrogens (tertiary/aromatic N) is 2. The molecule has 8 heteroatoms. The Hall–Kier alpha value is -2.87. The van der Waals surface area contributed by atoms with Crippen LogP contribution >= 0.6 is 0 Å². The molecule has 0 aliphatic carbocycles. The molecule has 31 heavy (non-hydrogen) atoms. The van der Waals surface area contributed by atoms with Crippen molar-refractivity contribution in [3.63, 3.8) is 0 Å². The predicted molar refractivity (Wildman–Crippen MR) is 109 cm³/mol. The minimum atomic E-state index is -0.843. The van der Waals surface area contributed by atoms with Gasteiger partial charge >= 0.3 is 0 Å². The fourth-order valence-electron chi connectivity index (χ4n) is 4.44. The molecule has 3 heterocycles. The average molecular weight is 429 g/mol. The summed E-state index contributed by atoms with van der Waals surface area (Å²) in [7, 11) is 0. The Morgan fingerprint density at radius 2 is 1.90 bits per heavy atom. The fourth-order valence-corrected chi connectivity index (χ4v) is 4.44. The van der Waals surface area contributed by atoms with E-state index in [9.17, 15) is 18.4 Å². The lowest BCUT2D eigenvalue weighted by molar-refractivity contribution is -0.122. The van der Waals surface area contributed by atoms with Crippen molar-refractivity contribution < 1.29 is 23.1 Å². The number of carbonyl (C=O) groups is 2. The van der Waals surface area contributed by atoms with E-state index in [1.165, 1.54) is 6.07 Å². The van der Waals surface area contributed by atoms with Crippen LogP contribution in [0.5, 0.6) is 0 Å². The normalized spacial score (nSPS) is 20.5. The summed E-state index contributed by atoms with van der Waals surface area (Å²) >= 11 is 0. The van der Waals surface area contributed by atoms with Gasteiger partial charge < -0.3 is 15.0 Å². The van der Waals surface area contributed by atoms with E-state index in [0.29, 0.717) is 44.6 Å². The summed E-state index contributed by atoms with van der Waals surface area (Å²) in [4.78, 5) is 30.5. The second-order valence-electron chi connectivity index (χ2n) is 8.25. The molecule has 6 nitrogen and oxygen atoms in total. The third kappa shape index (κ3) is 4.90. The first-order valence-corrected chi connectivity index (χ1v) is 10.5. The summed E-state index contributed by atoms with van der Waals surface area (Å²) in [5, 5.41) is 2.99. The molecule has 1 N–H and O–H groups in total. The van der Waals surface area contributed by atoms with Crippen molar-refractivity contribution in [2.24, 2.45) is 5.92 Å². The Labute approximate surface area is 179 Å². The summed E-state index contributed by atoms with van der Waals surface area (Å²) < 4.78 is 33.2. The van der Waals surface area contributed by atoms with Crippen LogP contribution in [0.25, 0.3) is 0 Å². The van der Waals surface area contributed by atoms with Gasteiger partial charge in [-0.15, -0.1) is 0 Å². The minimum absolute atomic E-state index is 0.112. The molecule has 2 amide bonds. The van der Waals surface area contributed by atoms with E-state index >= 15 is 0 Å². The van der Waals surface area contributed by atoms with Crippen molar-refractivity contribution in [3.8, 4) is 0 Å². The lowest BCUT2D eigenvalue weighted by atomic mass is 9.79. The number of amides is 2. The van der Waals surface area contributed by atoms with Gasteiger partial charge in [-0.1, -0.05) is 0 Å². The number of hydrogen-bond acceptors (Lipinski definition) is 4. The topological polar surface area (TPSA) is 71.5 Å². The highest BCUT2D eigenvalue weighted by molar-refractivity contribution is 5.94. The summed E-state index contributed by atoms with van der Waals surface area (Å²) in [5.41, 5.74) is 0.137. The van der Waals surface area contributed by atoms with Gasteiger partial charge in [0.1, 0.15) is 11.6 Å². The maximum atomic E-state index is 14.0. The number of nitrogens with one attached hydrogen (secondary N) is 1. The number of aromatic nitrogens is 1. The first kappa shape index (κ1) is 21.4. The molecular weight excluding hydrogens is 404 g/mol. The van der Waals surface area contributed by atoms with Crippen LogP contribution < -0.4 is 5.32 Å². The van der Waals surface area contributed by atoms with Gasteiger partial charge in [-0.2, -0.15) is 0 Å². The SMILES string of the molecule is O=C(NCC1CCOC2(CCN(C(=O)c3ccc(F)cc3F)CC2)C1)c1ccncc1. The lowest BCUT2D eigenvalue weighted by Crippen LogP contribution is -2.51. The molecule has 2 fully saturated rings. The smallest absolute Gasteiger partial charge is 0.256 e. The Morgan fingerprint density at radius 1 is 1.16 bits per heavy atom. The van der Waals surface area contributed by atoms with Crippen LogP contribution in [0.2, 0.25) is 0 Å². The van der Waals surface area contributed by atoms with Gasteiger partial charge in [0.05, 0.1) is 11.2 Å². The van der Waals surface area contributed by atoms with Crippen molar-refractivity contribution in [2.75, 3.05) is 26.2 Å². The minimum Gasteiger partial charge on any atom is -0.375 e. The van der Waals surface area contributed by atoms with Crippen LogP contribution in [0.4, 0.5) is 8.78 Å². The Morgan fingerprint density at radius 3 is 2.61 bits per heavy atom. The monoisotopic (exact) mass is 429 g/mol. The molecule has 2 aromatic rings. The van der Waals surface area contributed by atoms with Crippen molar-refractivity contribution in [1.82, 2.24) is 15.2 Å².